The molecule has 3 nitrogen and oxygen atoms in total. The van der Waals surface area contributed by atoms with Crippen molar-refractivity contribution >= 4 is 11.3 Å². The Kier molecular flexibility index (Phi) is 2.97. The average Bonchev–Trinajstić information content (AvgIpc) is 3.06. The van der Waals surface area contributed by atoms with E-state index in [1.165, 1.54) is 28.4 Å². The van der Waals surface area contributed by atoms with Crippen molar-refractivity contribution in [1.29, 1.82) is 0 Å². The lowest BCUT2D eigenvalue weighted by atomic mass is 9.90. The monoisotopic (exact) mass is 252 g/mol. The van der Waals surface area contributed by atoms with Crippen LogP contribution < -0.4 is 5.32 Å². The Hall–Kier alpha value is -0.450. The van der Waals surface area contributed by atoms with E-state index in [0.29, 0.717) is 0 Å². The van der Waals surface area contributed by atoms with Crippen LogP contribution in [0.1, 0.15) is 41.3 Å². The molecule has 0 aromatic carbocycles. The van der Waals surface area contributed by atoms with Crippen molar-refractivity contribution < 1.29 is 4.74 Å². The Labute approximate surface area is 107 Å². The van der Waals surface area contributed by atoms with Gasteiger partial charge in [-0.15, -0.1) is 11.3 Å². The van der Waals surface area contributed by atoms with Crippen LogP contribution in [0.25, 0.3) is 0 Å². The van der Waals surface area contributed by atoms with Crippen LogP contribution in [-0.4, -0.2) is 24.2 Å². The minimum atomic E-state index is 0.100. The van der Waals surface area contributed by atoms with Gasteiger partial charge in [-0.3, -0.25) is 0 Å². The van der Waals surface area contributed by atoms with E-state index in [1.54, 1.807) is 0 Å². The molecule has 0 radical (unpaired) electrons. The highest BCUT2D eigenvalue weighted by atomic mass is 32.1. The van der Waals surface area contributed by atoms with Gasteiger partial charge < -0.3 is 10.1 Å². The molecule has 0 amide bonds. The summed E-state index contributed by atoms with van der Waals surface area (Å²) in [5.74, 6) is 0. The number of aromatic nitrogens is 1. The molecule has 4 heteroatoms. The summed E-state index contributed by atoms with van der Waals surface area (Å²) in [7, 11) is 0. The van der Waals surface area contributed by atoms with Crippen LogP contribution in [0.3, 0.4) is 0 Å². The lowest BCUT2D eigenvalue weighted by Gasteiger charge is -2.36. The van der Waals surface area contributed by atoms with Crippen LogP contribution in [0.2, 0.25) is 0 Å². The second-order valence-electron chi connectivity index (χ2n) is 5.27. The number of ether oxygens (including phenoxy) is 1. The molecule has 2 fully saturated rings. The van der Waals surface area contributed by atoms with Crippen LogP contribution >= 0.6 is 11.3 Å². The van der Waals surface area contributed by atoms with Gasteiger partial charge in [0.15, 0.2) is 0 Å². The Bertz CT molecular complexity index is 386. The summed E-state index contributed by atoms with van der Waals surface area (Å²) in [6.45, 7) is 5.99. The number of nitrogens with one attached hydrogen (secondary N) is 1. The van der Waals surface area contributed by atoms with Gasteiger partial charge >= 0.3 is 0 Å². The van der Waals surface area contributed by atoms with Gasteiger partial charge in [0.2, 0.25) is 0 Å². The maximum absolute atomic E-state index is 5.52. The van der Waals surface area contributed by atoms with Crippen LogP contribution in [0.5, 0.6) is 0 Å². The molecular weight excluding hydrogens is 232 g/mol. The van der Waals surface area contributed by atoms with Gasteiger partial charge in [-0.25, -0.2) is 4.98 Å². The molecule has 17 heavy (non-hydrogen) atoms. The Morgan fingerprint density at radius 1 is 1.29 bits per heavy atom. The maximum Gasteiger partial charge on any atom is 0.113 e. The summed E-state index contributed by atoms with van der Waals surface area (Å²) in [5.41, 5.74) is 1.29. The van der Waals surface area contributed by atoms with Crippen LogP contribution in [0.15, 0.2) is 0 Å². The predicted octanol–water partition coefficient (Wildman–Crippen LogP) is 2.52. The van der Waals surface area contributed by atoms with Crippen molar-refractivity contribution in [3.8, 4) is 0 Å². The van der Waals surface area contributed by atoms with Crippen LogP contribution in [-0.2, 0) is 10.3 Å². The second-order valence-corrected chi connectivity index (χ2v) is 6.48. The van der Waals surface area contributed by atoms with Crippen molar-refractivity contribution in [3.05, 3.63) is 15.6 Å². The molecule has 0 unspecified atom stereocenters. The number of thiazole rings is 1. The molecule has 2 heterocycles. The number of rotatable bonds is 3. The van der Waals surface area contributed by atoms with E-state index in [-0.39, 0.29) is 5.54 Å². The SMILES string of the molecule is Cc1nc(C2(NC3CC3)CCOCC2)sc1C. The molecule has 1 aliphatic heterocycles. The number of hydrogen-bond acceptors (Lipinski definition) is 4. The zero-order chi connectivity index (χ0) is 11.9. The van der Waals surface area contributed by atoms with Crippen molar-refractivity contribution in [2.24, 2.45) is 0 Å². The lowest BCUT2D eigenvalue weighted by Crippen LogP contribution is -2.47. The first-order valence-corrected chi connectivity index (χ1v) is 7.31. The van der Waals surface area contributed by atoms with Crippen molar-refractivity contribution in [3.63, 3.8) is 0 Å². The largest absolute Gasteiger partial charge is 0.381 e. The molecule has 1 aliphatic carbocycles. The molecule has 1 saturated heterocycles. The fourth-order valence-electron chi connectivity index (χ4n) is 2.44. The van der Waals surface area contributed by atoms with Crippen molar-refractivity contribution in [2.75, 3.05) is 13.2 Å². The lowest BCUT2D eigenvalue weighted by molar-refractivity contribution is 0.0356. The van der Waals surface area contributed by atoms with E-state index < -0.39 is 0 Å². The molecule has 0 bridgehead atoms. The number of nitrogens with zero attached hydrogens (tertiary/aromatic N) is 1. The van der Waals surface area contributed by atoms with Gasteiger partial charge in [-0.2, -0.15) is 0 Å². The first kappa shape index (κ1) is 11.6. The zero-order valence-corrected chi connectivity index (χ0v) is 11.4. The van der Waals surface area contributed by atoms with Crippen LogP contribution in [0, 0.1) is 13.8 Å². The normalized spacial score (nSPS) is 23.9. The highest BCUT2D eigenvalue weighted by molar-refractivity contribution is 7.11. The first-order chi connectivity index (χ1) is 8.20. The first-order valence-electron chi connectivity index (χ1n) is 6.50. The molecule has 1 N–H and O–H groups in total. The Balaban J connectivity index is 1.90. The van der Waals surface area contributed by atoms with Crippen LogP contribution in [0.4, 0.5) is 0 Å². The average molecular weight is 252 g/mol. The highest BCUT2D eigenvalue weighted by Crippen LogP contribution is 2.38. The molecule has 3 rings (SSSR count). The molecule has 94 valence electrons. The van der Waals surface area contributed by atoms with E-state index in [4.69, 9.17) is 9.72 Å². The van der Waals surface area contributed by atoms with Crippen molar-refractivity contribution in [1.82, 2.24) is 10.3 Å². The van der Waals surface area contributed by atoms with Crippen molar-refractivity contribution in [2.45, 2.75) is 51.1 Å². The summed E-state index contributed by atoms with van der Waals surface area (Å²) in [4.78, 5) is 6.14. The third-order valence-electron chi connectivity index (χ3n) is 3.84. The summed E-state index contributed by atoms with van der Waals surface area (Å²) in [5, 5.41) is 5.11. The molecule has 2 aliphatic rings. The summed E-state index contributed by atoms with van der Waals surface area (Å²) < 4.78 is 5.52. The summed E-state index contributed by atoms with van der Waals surface area (Å²) in [6, 6.07) is 0.720. The molecule has 0 atom stereocenters. The molecular formula is C13H20N2OS. The molecule has 1 aromatic rings. The number of aryl methyl sites for hydroxylation is 2. The minimum absolute atomic E-state index is 0.100. The molecule has 0 spiro atoms. The predicted molar refractivity (Wildman–Crippen MR) is 69.5 cm³/mol. The third-order valence-corrected chi connectivity index (χ3v) is 5.12. The fourth-order valence-corrected chi connectivity index (χ4v) is 3.56. The van der Waals surface area contributed by atoms with E-state index in [2.05, 4.69) is 19.2 Å². The summed E-state index contributed by atoms with van der Waals surface area (Å²) in [6.07, 6.45) is 4.78. The highest BCUT2D eigenvalue weighted by Gasteiger charge is 2.41. The Morgan fingerprint density at radius 3 is 2.53 bits per heavy atom. The topological polar surface area (TPSA) is 34.2 Å². The van der Waals surface area contributed by atoms with Gasteiger partial charge in [0.1, 0.15) is 5.01 Å². The van der Waals surface area contributed by atoms with E-state index in [1.807, 2.05) is 11.3 Å². The summed E-state index contributed by atoms with van der Waals surface area (Å²) >= 11 is 1.86. The van der Waals surface area contributed by atoms with Gasteiger partial charge in [0, 0.05) is 24.1 Å². The maximum atomic E-state index is 5.52. The van der Waals surface area contributed by atoms with Gasteiger partial charge in [-0.1, -0.05) is 0 Å². The molecule has 1 aromatic heterocycles. The van der Waals surface area contributed by atoms with E-state index in [9.17, 15) is 0 Å². The standard InChI is InChI=1S/C13H20N2OS/c1-9-10(2)17-12(14-9)13(15-11-3-4-11)5-7-16-8-6-13/h11,15H,3-8H2,1-2H3. The smallest absolute Gasteiger partial charge is 0.113 e. The zero-order valence-electron chi connectivity index (χ0n) is 10.6. The van der Waals surface area contributed by atoms with Gasteiger partial charge in [0.05, 0.1) is 11.2 Å². The minimum Gasteiger partial charge on any atom is -0.381 e. The van der Waals surface area contributed by atoms with Gasteiger partial charge in [0.25, 0.3) is 0 Å². The fraction of sp³-hybridized carbons (Fsp3) is 0.769. The third kappa shape index (κ3) is 2.26. The van der Waals surface area contributed by atoms with E-state index >= 15 is 0 Å². The van der Waals surface area contributed by atoms with E-state index in [0.717, 1.165) is 32.1 Å². The number of hydrogen-bond donors (Lipinski definition) is 1. The Morgan fingerprint density at radius 2 is 2.00 bits per heavy atom. The second kappa shape index (κ2) is 4.34. The quantitative estimate of drug-likeness (QED) is 0.897. The molecule has 1 saturated carbocycles. The van der Waals surface area contributed by atoms with Gasteiger partial charge in [-0.05, 0) is 39.5 Å².